The van der Waals surface area contributed by atoms with Gasteiger partial charge in [0.2, 0.25) is 11.8 Å². The fourth-order valence-corrected chi connectivity index (χ4v) is 3.51. The first-order valence-corrected chi connectivity index (χ1v) is 12.0. The van der Waals surface area contributed by atoms with E-state index in [0.29, 0.717) is 19.4 Å². The van der Waals surface area contributed by atoms with Crippen LogP contribution >= 0.6 is 0 Å². The quantitative estimate of drug-likeness (QED) is 0.388. The first-order valence-electron chi connectivity index (χ1n) is 12.0. The van der Waals surface area contributed by atoms with Crippen LogP contribution in [-0.2, 0) is 27.4 Å². The minimum Gasteiger partial charge on any atom is -0.445 e. The summed E-state index contributed by atoms with van der Waals surface area (Å²) in [5.74, 6) is -0.451. The molecule has 7 heteroatoms. The summed E-state index contributed by atoms with van der Waals surface area (Å²) in [5.41, 5.74) is 2.08. The maximum absolute atomic E-state index is 12.9. The highest BCUT2D eigenvalue weighted by atomic mass is 16.5. The van der Waals surface area contributed by atoms with Gasteiger partial charge in [-0.3, -0.25) is 9.59 Å². The zero-order chi connectivity index (χ0) is 24.8. The Morgan fingerprint density at radius 2 is 1.44 bits per heavy atom. The minimum absolute atomic E-state index is 0.117. The lowest BCUT2D eigenvalue weighted by atomic mass is 10.0. The molecule has 184 valence electrons. The number of ether oxygens (including phenoxy) is 1. The number of rotatable bonds is 13. The lowest BCUT2D eigenvalue weighted by Crippen LogP contribution is -2.54. The highest BCUT2D eigenvalue weighted by Gasteiger charge is 2.26. The van der Waals surface area contributed by atoms with Crippen LogP contribution in [-0.4, -0.2) is 36.5 Å². The van der Waals surface area contributed by atoms with Gasteiger partial charge in [0.1, 0.15) is 18.7 Å². The summed E-state index contributed by atoms with van der Waals surface area (Å²) in [4.78, 5) is 37.8. The van der Waals surface area contributed by atoms with Crippen LogP contribution in [0.3, 0.4) is 0 Å². The zero-order valence-corrected chi connectivity index (χ0v) is 20.4. The summed E-state index contributed by atoms with van der Waals surface area (Å²) in [6.45, 7) is 6.42. The molecule has 0 aliphatic carbocycles. The number of hydrogen-bond donors (Lipinski definition) is 3. The Bertz CT molecular complexity index is 887. The molecule has 0 fully saturated rings. The Morgan fingerprint density at radius 3 is 2.03 bits per heavy atom. The van der Waals surface area contributed by atoms with Crippen LogP contribution in [0.2, 0.25) is 0 Å². The number of carbonyl (C=O) groups is 3. The van der Waals surface area contributed by atoms with Crippen molar-refractivity contribution in [3.63, 3.8) is 0 Å². The number of aryl methyl sites for hydroxylation is 1. The van der Waals surface area contributed by atoms with E-state index in [1.165, 1.54) is 5.56 Å². The molecule has 0 aliphatic rings. The highest BCUT2D eigenvalue weighted by molar-refractivity contribution is 5.91. The monoisotopic (exact) mass is 467 g/mol. The third kappa shape index (κ3) is 10.1. The van der Waals surface area contributed by atoms with E-state index in [-0.39, 0.29) is 18.4 Å². The van der Waals surface area contributed by atoms with Crippen LogP contribution in [0.25, 0.3) is 0 Å². The van der Waals surface area contributed by atoms with Gasteiger partial charge < -0.3 is 20.7 Å². The molecule has 7 nitrogen and oxygen atoms in total. The molecule has 0 radical (unpaired) electrons. The van der Waals surface area contributed by atoms with Crippen molar-refractivity contribution in [2.24, 2.45) is 5.92 Å². The SMILES string of the molecule is CC[C@H](NC(=O)[C@H](CC(C)C)NC(=O)OCc1ccccc1)C(=O)NCCCc1ccccc1. The predicted molar refractivity (Wildman–Crippen MR) is 133 cm³/mol. The average molecular weight is 468 g/mol. The fraction of sp³-hybridized carbons (Fsp3) is 0.444. The van der Waals surface area contributed by atoms with Gasteiger partial charge in [0.05, 0.1) is 0 Å². The Hall–Kier alpha value is -3.35. The van der Waals surface area contributed by atoms with E-state index in [1.54, 1.807) is 0 Å². The lowest BCUT2D eigenvalue weighted by Gasteiger charge is -2.23. The molecular formula is C27H37N3O4. The summed E-state index contributed by atoms with van der Waals surface area (Å²) in [5, 5.41) is 8.34. The topological polar surface area (TPSA) is 96.5 Å². The molecule has 2 atom stereocenters. The number of carbonyl (C=O) groups excluding carboxylic acids is 3. The van der Waals surface area contributed by atoms with Crippen LogP contribution in [0, 0.1) is 5.92 Å². The Kier molecular flexibility index (Phi) is 11.7. The van der Waals surface area contributed by atoms with Crippen LogP contribution in [0.15, 0.2) is 60.7 Å². The van der Waals surface area contributed by atoms with Crippen molar-refractivity contribution < 1.29 is 19.1 Å². The van der Waals surface area contributed by atoms with E-state index in [2.05, 4.69) is 28.1 Å². The zero-order valence-electron chi connectivity index (χ0n) is 20.4. The molecular weight excluding hydrogens is 430 g/mol. The summed E-state index contributed by atoms with van der Waals surface area (Å²) in [6, 6.07) is 18.0. The van der Waals surface area contributed by atoms with Gasteiger partial charge in [0.15, 0.2) is 0 Å². The van der Waals surface area contributed by atoms with Crippen molar-refractivity contribution in [3.05, 3.63) is 71.8 Å². The maximum Gasteiger partial charge on any atom is 0.408 e. The van der Waals surface area contributed by atoms with Crippen molar-refractivity contribution in [2.45, 2.75) is 65.1 Å². The number of hydrogen-bond acceptors (Lipinski definition) is 4. The second-order valence-corrected chi connectivity index (χ2v) is 8.74. The maximum atomic E-state index is 12.9. The highest BCUT2D eigenvalue weighted by Crippen LogP contribution is 2.08. The van der Waals surface area contributed by atoms with Gasteiger partial charge in [-0.2, -0.15) is 0 Å². The second kappa shape index (κ2) is 14.7. The molecule has 3 N–H and O–H groups in total. The number of benzene rings is 2. The van der Waals surface area contributed by atoms with Gasteiger partial charge in [0.25, 0.3) is 0 Å². The standard InChI is InChI=1S/C27H37N3O4/c1-4-23(25(31)28-17-11-16-21-12-7-5-8-13-21)29-26(32)24(18-20(2)3)30-27(33)34-19-22-14-9-6-10-15-22/h5-10,12-15,20,23-24H,4,11,16-19H2,1-3H3,(H,28,31)(H,29,32)(H,30,33)/t23-,24-/m0/s1. The molecule has 0 aliphatic heterocycles. The molecule has 34 heavy (non-hydrogen) atoms. The van der Waals surface area contributed by atoms with Crippen molar-refractivity contribution >= 4 is 17.9 Å². The second-order valence-electron chi connectivity index (χ2n) is 8.74. The largest absolute Gasteiger partial charge is 0.445 e. The molecule has 2 rings (SSSR count). The van der Waals surface area contributed by atoms with Gasteiger partial charge in [-0.25, -0.2) is 4.79 Å². The van der Waals surface area contributed by atoms with Gasteiger partial charge in [0, 0.05) is 6.54 Å². The van der Waals surface area contributed by atoms with Crippen molar-refractivity contribution in [1.29, 1.82) is 0 Å². The number of nitrogens with one attached hydrogen (secondary N) is 3. The van der Waals surface area contributed by atoms with E-state index in [1.807, 2.05) is 69.3 Å². The Balaban J connectivity index is 1.83. The normalized spacial score (nSPS) is 12.5. The molecule has 0 unspecified atom stereocenters. The van der Waals surface area contributed by atoms with Crippen LogP contribution in [0.4, 0.5) is 4.79 Å². The number of amides is 3. The molecule has 2 aromatic carbocycles. The molecule has 2 aromatic rings. The fourth-order valence-electron chi connectivity index (χ4n) is 3.51. The van der Waals surface area contributed by atoms with Crippen molar-refractivity contribution in [2.75, 3.05) is 6.54 Å². The Morgan fingerprint density at radius 1 is 0.824 bits per heavy atom. The van der Waals surface area contributed by atoms with Gasteiger partial charge in [-0.15, -0.1) is 0 Å². The molecule has 0 bridgehead atoms. The molecule has 0 saturated heterocycles. The van der Waals surface area contributed by atoms with Crippen LogP contribution in [0.1, 0.15) is 51.2 Å². The summed E-state index contributed by atoms with van der Waals surface area (Å²) in [6.07, 6.45) is 1.90. The predicted octanol–water partition coefficient (Wildman–Crippen LogP) is 3.97. The van der Waals surface area contributed by atoms with Crippen LogP contribution < -0.4 is 16.0 Å². The average Bonchev–Trinajstić information content (AvgIpc) is 2.84. The van der Waals surface area contributed by atoms with Gasteiger partial charge in [-0.1, -0.05) is 81.4 Å². The molecule has 3 amide bonds. The number of alkyl carbamates (subject to hydrolysis) is 1. The minimum atomic E-state index is -0.789. The van der Waals surface area contributed by atoms with E-state index >= 15 is 0 Å². The van der Waals surface area contributed by atoms with E-state index in [0.717, 1.165) is 18.4 Å². The smallest absolute Gasteiger partial charge is 0.408 e. The summed E-state index contributed by atoms with van der Waals surface area (Å²) >= 11 is 0. The Labute approximate surface area is 202 Å². The molecule has 0 spiro atoms. The first-order chi connectivity index (χ1) is 16.4. The third-order valence-electron chi connectivity index (χ3n) is 5.35. The molecule has 0 aromatic heterocycles. The van der Waals surface area contributed by atoms with Gasteiger partial charge in [-0.05, 0) is 42.7 Å². The first kappa shape index (κ1) is 26.9. The summed E-state index contributed by atoms with van der Waals surface area (Å²) < 4.78 is 5.26. The van der Waals surface area contributed by atoms with Crippen LogP contribution in [0.5, 0.6) is 0 Å². The van der Waals surface area contributed by atoms with E-state index < -0.39 is 24.1 Å². The van der Waals surface area contributed by atoms with Gasteiger partial charge >= 0.3 is 6.09 Å². The molecule has 0 saturated carbocycles. The van der Waals surface area contributed by atoms with Crippen molar-refractivity contribution in [1.82, 2.24) is 16.0 Å². The summed E-state index contributed by atoms with van der Waals surface area (Å²) in [7, 11) is 0. The lowest BCUT2D eigenvalue weighted by molar-refractivity contribution is -0.130. The van der Waals surface area contributed by atoms with Crippen molar-refractivity contribution in [3.8, 4) is 0 Å². The molecule has 0 heterocycles. The van der Waals surface area contributed by atoms with E-state index in [4.69, 9.17) is 4.74 Å². The van der Waals surface area contributed by atoms with E-state index in [9.17, 15) is 14.4 Å². The third-order valence-corrected chi connectivity index (χ3v) is 5.35.